The summed E-state index contributed by atoms with van der Waals surface area (Å²) < 4.78 is 10.7. The Bertz CT molecular complexity index is 832. The van der Waals surface area contributed by atoms with E-state index in [2.05, 4.69) is 36.4 Å². The normalized spacial score (nSPS) is 16.8. The highest BCUT2D eigenvalue weighted by atomic mass is 16.5. The minimum absolute atomic E-state index is 0.135. The first-order valence-electron chi connectivity index (χ1n) is 8.36. The van der Waals surface area contributed by atoms with Crippen LogP contribution in [-0.4, -0.2) is 57.9 Å². The SMILES string of the molecule is Cc1noc2ncnc(NC[C@H](c3ccccn3)N3CCOCC3)c12. The Kier molecular flexibility index (Phi) is 4.53. The van der Waals surface area contributed by atoms with Gasteiger partial charge in [-0.1, -0.05) is 11.2 Å². The summed E-state index contributed by atoms with van der Waals surface area (Å²) in [7, 11) is 0. The van der Waals surface area contributed by atoms with E-state index < -0.39 is 0 Å². The molecule has 8 heteroatoms. The molecule has 4 heterocycles. The zero-order chi connectivity index (χ0) is 17.1. The van der Waals surface area contributed by atoms with Crippen molar-refractivity contribution in [3.63, 3.8) is 0 Å². The zero-order valence-corrected chi connectivity index (χ0v) is 14.1. The number of nitrogens with one attached hydrogen (secondary N) is 1. The Morgan fingerprint density at radius 2 is 2.08 bits per heavy atom. The van der Waals surface area contributed by atoms with Crippen LogP contribution in [-0.2, 0) is 4.74 Å². The average molecular weight is 340 g/mol. The molecule has 0 spiro atoms. The zero-order valence-electron chi connectivity index (χ0n) is 14.1. The highest BCUT2D eigenvalue weighted by molar-refractivity contribution is 5.87. The van der Waals surface area contributed by atoms with Crippen molar-refractivity contribution in [3.05, 3.63) is 42.1 Å². The summed E-state index contributed by atoms with van der Waals surface area (Å²) in [5.74, 6) is 0.734. The first-order valence-corrected chi connectivity index (χ1v) is 8.36. The Hall–Kier alpha value is -2.58. The maximum absolute atomic E-state index is 5.49. The second kappa shape index (κ2) is 7.12. The monoisotopic (exact) mass is 340 g/mol. The van der Waals surface area contributed by atoms with Crippen LogP contribution in [0.3, 0.4) is 0 Å². The van der Waals surface area contributed by atoms with Crippen molar-refractivity contribution in [2.24, 2.45) is 0 Å². The van der Waals surface area contributed by atoms with Crippen molar-refractivity contribution in [2.75, 3.05) is 38.2 Å². The van der Waals surface area contributed by atoms with Gasteiger partial charge >= 0.3 is 0 Å². The molecule has 1 aliphatic rings. The molecule has 1 aliphatic heterocycles. The number of ether oxygens (including phenoxy) is 1. The van der Waals surface area contributed by atoms with E-state index in [9.17, 15) is 0 Å². The highest BCUT2D eigenvalue weighted by Gasteiger charge is 2.24. The number of anilines is 1. The van der Waals surface area contributed by atoms with Gasteiger partial charge in [-0.05, 0) is 19.1 Å². The number of aromatic nitrogens is 4. The molecule has 1 saturated heterocycles. The van der Waals surface area contributed by atoms with Gasteiger partial charge in [0.05, 0.1) is 30.6 Å². The number of rotatable bonds is 5. The van der Waals surface area contributed by atoms with Crippen molar-refractivity contribution < 1.29 is 9.26 Å². The molecular weight excluding hydrogens is 320 g/mol. The maximum atomic E-state index is 5.49. The van der Waals surface area contributed by atoms with Gasteiger partial charge < -0.3 is 14.6 Å². The van der Waals surface area contributed by atoms with Gasteiger partial charge in [-0.15, -0.1) is 0 Å². The molecule has 0 aliphatic carbocycles. The third-order valence-electron chi connectivity index (χ3n) is 4.42. The van der Waals surface area contributed by atoms with Gasteiger partial charge in [0.1, 0.15) is 17.5 Å². The van der Waals surface area contributed by atoms with Crippen LogP contribution in [0, 0.1) is 6.92 Å². The number of morpholine rings is 1. The first-order chi connectivity index (χ1) is 12.3. The van der Waals surface area contributed by atoms with Crippen molar-refractivity contribution in [3.8, 4) is 0 Å². The third-order valence-corrected chi connectivity index (χ3v) is 4.42. The standard InChI is InChI=1S/C17H20N6O2/c1-12-15-16(20-11-21-17(15)25-22-12)19-10-14(13-4-2-3-5-18-13)23-6-8-24-9-7-23/h2-5,11,14H,6-10H2,1H3,(H,19,20,21)/t14-/m1/s1. The fourth-order valence-corrected chi connectivity index (χ4v) is 3.13. The molecule has 0 aromatic carbocycles. The van der Waals surface area contributed by atoms with Crippen molar-refractivity contribution in [1.29, 1.82) is 0 Å². The number of fused-ring (bicyclic) bond motifs is 1. The van der Waals surface area contributed by atoms with Gasteiger partial charge in [-0.3, -0.25) is 9.88 Å². The van der Waals surface area contributed by atoms with Crippen molar-refractivity contribution >= 4 is 16.9 Å². The Morgan fingerprint density at radius 1 is 1.20 bits per heavy atom. The quantitative estimate of drug-likeness (QED) is 0.752. The summed E-state index contributed by atoms with van der Waals surface area (Å²) in [6.45, 7) is 5.81. The number of pyridine rings is 1. The molecule has 1 fully saturated rings. The third kappa shape index (κ3) is 3.31. The predicted octanol–water partition coefficient (Wildman–Crippen LogP) is 1.81. The molecule has 3 aromatic heterocycles. The Balaban J connectivity index is 1.59. The van der Waals surface area contributed by atoms with Crippen LogP contribution >= 0.6 is 0 Å². The molecule has 130 valence electrons. The van der Waals surface area contributed by atoms with E-state index in [0.29, 0.717) is 12.3 Å². The lowest BCUT2D eigenvalue weighted by molar-refractivity contribution is 0.0179. The van der Waals surface area contributed by atoms with E-state index in [1.54, 1.807) is 0 Å². The van der Waals surface area contributed by atoms with Crippen LogP contribution in [0.1, 0.15) is 17.4 Å². The molecule has 1 atom stereocenters. The van der Waals surface area contributed by atoms with Crippen LogP contribution in [0.4, 0.5) is 5.82 Å². The summed E-state index contributed by atoms with van der Waals surface area (Å²) in [6, 6.07) is 6.14. The smallest absolute Gasteiger partial charge is 0.263 e. The summed E-state index contributed by atoms with van der Waals surface area (Å²) in [5.41, 5.74) is 2.30. The first kappa shape index (κ1) is 15.9. The minimum atomic E-state index is 0.135. The highest BCUT2D eigenvalue weighted by Crippen LogP contribution is 2.25. The fraction of sp³-hybridized carbons (Fsp3) is 0.412. The van der Waals surface area contributed by atoms with Gasteiger partial charge in [0.2, 0.25) is 0 Å². The molecule has 0 unspecified atom stereocenters. The van der Waals surface area contributed by atoms with Crippen LogP contribution < -0.4 is 5.32 Å². The number of aryl methyl sites for hydroxylation is 1. The van der Waals surface area contributed by atoms with Gasteiger partial charge in [-0.25, -0.2) is 4.98 Å². The molecular formula is C17H20N6O2. The molecule has 4 rings (SSSR count). The minimum Gasteiger partial charge on any atom is -0.379 e. The van der Waals surface area contributed by atoms with Crippen molar-refractivity contribution in [2.45, 2.75) is 13.0 Å². The Labute approximate surface area is 145 Å². The lowest BCUT2D eigenvalue weighted by Gasteiger charge is -2.34. The molecule has 0 bridgehead atoms. The van der Waals surface area contributed by atoms with Gasteiger partial charge in [0.25, 0.3) is 5.71 Å². The molecule has 3 aromatic rings. The molecule has 8 nitrogen and oxygen atoms in total. The summed E-state index contributed by atoms with van der Waals surface area (Å²) in [5, 5.41) is 8.23. The number of hydrogen-bond acceptors (Lipinski definition) is 8. The second-order valence-corrected chi connectivity index (χ2v) is 5.97. The van der Waals surface area contributed by atoms with Gasteiger partial charge in [-0.2, -0.15) is 4.98 Å². The van der Waals surface area contributed by atoms with E-state index in [1.807, 2.05) is 25.3 Å². The lowest BCUT2D eigenvalue weighted by Crippen LogP contribution is -2.41. The molecule has 0 radical (unpaired) electrons. The van der Waals surface area contributed by atoms with E-state index in [1.165, 1.54) is 6.33 Å². The Morgan fingerprint density at radius 3 is 2.88 bits per heavy atom. The predicted molar refractivity (Wildman–Crippen MR) is 92.2 cm³/mol. The number of hydrogen-bond donors (Lipinski definition) is 1. The largest absolute Gasteiger partial charge is 0.379 e. The molecule has 1 N–H and O–H groups in total. The van der Waals surface area contributed by atoms with E-state index >= 15 is 0 Å². The second-order valence-electron chi connectivity index (χ2n) is 5.97. The lowest BCUT2D eigenvalue weighted by atomic mass is 10.1. The summed E-state index contributed by atoms with van der Waals surface area (Å²) in [4.78, 5) is 15.4. The molecule has 0 amide bonds. The van der Waals surface area contributed by atoms with Crippen LogP contribution in [0.2, 0.25) is 0 Å². The molecule has 25 heavy (non-hydrogen) atoms. The topological polar surface area (TPSA) is 89.2 Å². The van der Waals surface area contributed by atoms with E-state index in [0.717, 1.165) is 48.9 Å². The van der Waals surface area contributed by atoms with Crippen molar-refractivity contribution in [1.82, 2.24) is 25.0 Å². The maximum Gasteiger partial charge on any atom is 0.263 e. The van der Waals surface area contributed by atoms with Gasteiger partial charge in [0, 0.05) is 25.8 Å². The van der Waals surface area contributed by atoms with Crippen LogP contribution in [0.5, 0.6) is 0 Å². The summed E-state index contributed by atoms with van der Waals surface area (Å²) in [6.07, 6.45) is 3.32. The van der Waals surface area contributed by atoms with E-state index in [-0.39, 0.29) is 6.04 Å². The average Bonchev–Trinajstić information content (AvgIpc) is 3.06. The number of nitrogens with zero attached hydrogens (tertiary/aromatic N) is 5. The van der Waals surface area contributed by atoms with Gasteiger partial charge in [0.15, 0.2) is 0 Å². The van der Waals surface area contributed by atoms with E-state index in [4.69, 9.17) is 9.26 Å². The van der Waals surface area contributed by atoms with Crippen LogP contribution in [0.15, 0.2) is 35.2 Å². The fourth-order valence-electron chi connectivity index (χ4n) is 3.13. The van der Waals surface area contributed by atoms with Crippen LogP contribution in [0.25, 0.3) is 11.1 Å². The summed E-state index contributed by atoms with van der Waals surface area (Å²) >= 11 is 0. The molecule has 0 saturated carbocycles.